The Hall–Kier alpha value is -4.51. The van der Waals surface area contributed by atoms with Crippen LogP contribution in [0.2, 0.25) is 0 Å². The molecule has 2 heterocycles. The number of nitrogens with one attached hydrogen (secondary N) is 2. The van der Waals surface area contributed by atoms with Crippen LogP contribution in [0.5, 0.6) is 0 Å². The van der Waals surface area contributed by atoms with E-state index < -0.39 is 11.4 Å². The molecule has 0 bridgehead atoms. The van der Waals surface area contributed by atoms with Crippen molar-refractivity contribution in [2.24, 2.45) is 0 Å². The second kappa shape index (κ2) is 11.7. The number of aryl methyl sites for hydroxylation is 1. The average Bonchev–Trinajstić information content (AvgIpc) is 3.31. The number of hydrogen-bond donors (Lipinski definition) is 2. The van der Waals surface area contributed by atoms with Crippen molar-refractivity contribution in [2.75, 3.05) is 7.05 Å². The molecule has 4 aromatic rings. The topological polar surface area (TPSA) is 108 Å². The zero-order valence-corrected chi connectivity index (χ0v) is 22.4. The van der Waals surface area contributed by atoms with E-state index in [0.29, 0.717) is 34.3 Å². The third-order valence-corrected chi connectivity index (χ3v) is 5.80. The zero-order chi connectivity index (χ0) is 28.0. The summed E-state index contributed by atoms with van der Waals surface area (Å²) < 4.78 is 19.5. The SMILES string of the molecule is CC.CCc1nc2oc(-c3ccc(F)cc3)c(C(=O)NC)c2cc1-c1cccc(C(=O)NC(C)(C)C#N)c1. The van der Waals surface area contributed by atoms with Crippen molar-refractivity contribution in [3.05, 3.63) is 77.2 Å². The van der Waals surface area contributed by atoms with Crippen LogP contribution < -0.4 is 10.6 Å². The Morgan fingerprint density at radius 3 is 2.34 bits per heavy atom. The van der Waals surface area contributed by atoms with Crippen LogP contribution >= 0.6 is 0 Å². The lowest BCUT2D eigenvalue weighted by molar-refractivity contribution is 0.0927. The van der Waals surface area contributed by atoms with Gasteiger partial charge >= 0.3 is 0 Å². The summed E-state index contributed by atoms with van der Waals surface area (Å²) in [6.07, 6.45) is 0.574. The predicted octanol–water partition coefficient (Wildman–Crippen LogP) is 6.28. The number of carbonyl (C=O) groups excluding carboxylic acids is 2. The minimum absolute atomic E-state index is 0.290. The van der Waals surface area contributed by atoms with Gasteiger partial charge in [-0.2, -0.15) is 5.26 Å². The van der Waals surface area contributed by atoms with Crippen LogP contribution in [0.4, 0.5) is 4.39 Å². The molecule has 0 aliphatic heterocycles. The first-order valence-corrected chi connectivity index (χ1v) is 12.5. The molecule has 2 amide bonds. The number of pyridine rings is 1. The molecular weight excluding hydrogens is 483 g/mol. The van der Waals surface area contributed by atoms with E-state index in [2.05, 4.69) is 16.7 Å². The second-order valence-corrected chi connectivity index (χ2v) is 8.85. The number of halogens is 1. The average molecular weight is 515 g/mol. The Labute approximate surface area is 221 Å². The fraction of sp³-hybridized carbons (Fsp3) is 0.267. The van der Waals surface area contributed by atoms with Crippen molar-refractivity contribution in [3.8, 4) is 28.5 Å². The minimum atomic E-state index is -1.02. The fourth-order valence-electron chi connectivity index (χ4n) is 3.95. The molecule has 0 saturated carbocycles. The molecular formula is C30H31FN4O3. The van der Waals surface area contributed by atoms with Crippen LogP contribution in [0.15, 0.2) is 59.0 Å². The molecule has 0 radical (unpaired) electrons. The first kappa shape index (κ1) is 28.1. The van der Waals surface area contributed by atoms with Crippen molar-refractivity contribution in [3.63, 3.8) is 0 Å². The van der Waals surface area contributed by atoms with Gasteiger partial charge in [0.2, 0.25) is 5.71 Å². The Balaban J connectivity index is 0.00000195. The van der Waals surface area contributed by atoms with Crippen LogP contribution in [0.1, 0.15) is 61.0 Å². The van der Waals surface area contributed by atoms with E-state index in [1.54, 1.807) is 44.2 Å². The minimum Gasteiger partial charge on any atom is -0.437 e. The highest BCUT2D eigenvalue weighted by molar-refractivity contribution is 6.11. The van der Waals surface area contributed by atoms with E-state index >= 15 is 0 Å². The van der Waals surface area contributed by atoms with Crippen LogP contribution in [-0.2, 0) is 6.42 Å². The van der Waals surface area contributed by atoms with Gasteiger partial charge in [-0.3, -0.25) is 9.59 Å². The first-order chi connectivity index (χ1) is 18.2. The molecule has 0 aliphatic rings. The number of rotatable bonds is 6. The van der Waals surface area contributed by atoms with Gasteiger partial charge in [0.25, 0.3) is 11.8 Å². The van der Waals surface area contributed by atoms with Crippen molar-refractivity contribution in [1.82, 2.24) is 15.6 Å². The van der Waals surface area contributed by atoms with Gasteiger partial charge in [-0.05, 0) is 68.3 Å². The van der Waals surface area contributed by atoms with Gasteiger partial charge in [0.1, 0.15) is 17.1 Å². The van der Waals surface area contributed by atoms with Gasteiger partial charge in [-0.25, -0.2) is 9.37 Å². The predicted molar refractivity (Wildman–Crippen MR) is 146 cm³/mol. The van der Waals surface area contributed by atoms with E-state index in [4.69, 9.17) is 9.40 Å². The normalized spacial score (nSPS) is 10.8. The molecule has 0 unspecified atom stereocenters. The Kier molecular flexibility index (Phi) is 8.64. The fourth-order valence-corrected chi connectivity index (χ4v) is 3.95. The third kappa shape index (κ3) is 5.73. The number of furan rings is 1. The van der Waals surface area contributed by atoms with Crippen LogP contribution in [-0.4, -0.2) is 29.4 Å². The molecule has 0 atom stereocenters. The van der Waals surface area contributed by atoms with Gasteiger partial charge in [0.15, 0.2) is 0 Å². The summed E-state index contributed by atoms with van der Waals surface area (Å²) in [5.74, 6) is -0.838. The zero-order valence-electron chi connectivity index (χ0n) is 22.4. The van der Waals surface area contributed by atoms with Crippen LogP contribution in [0.3, 0.4) is 0 Å². The molecule has 8 heteroatoms. The van der Waals surface area contributed by atoms with Gasteiger partial charge in [0, 0.05) is 23.7 Å². The maximum atomic E-state index is 13.5. The molecule has 2 N–H and O–H groups in total. The van der Waals surface area contributed by atoms with Gasteiger partial charge in [-0.1, -0.05) is 32.9 Å². The smallest absolute Gasteiger partial charge is 0.255 e. The molecule has 0 saturated heterocycles. The van der Waals surface area contributed by atoms with Crippen molar-refractivity contribution < 1.29 is 18.4 Å². The summed E-state index contributed by atoms with van der Waals surface area (Å²) in [5, 5.41) is 15.1. The summed E-state index contributed by atoms with van der Waals surface area (Å²) in [5.41, 5.74) is 2.71. The number of nitriles is 1. The van der Waals surface area contributed by atoms with E-state index in [-0.39, 0.29) is 17.5 Å². The highest BCUT2D eigenvalue weighted by Gasteiger charge is 2.25. The molecule has 0 aliphatic carbocycles. The monoisotopic (exact) mass is 514 g/mol. The quantitative estimate of drug-likeness (QED) is 0.315. The maximum Gasteiger partial charge on any atom is 0.255 e. The number of nitrogens with zero attached hydrogens (tertiary/aromatic N) is 2. The molecule has 0 fully saturated rings. The highest BCUT2D eigenvalue weighted by Crippen LogP contribution is 2.36. The third-order valence-electron chi connectivity index (χ3n) is 5.80. The maximum absolute atomic E-state index is 13.5. The summed E-state index contributed by atoms with van der Waals surface area (Å²) in [7, 11) is 1.52. The van der Waals surface area contributed by atoms with E-state index in [0.717, 1.165) is 16.8 Å². The van der Waals surface area contributed by atoms with Crippen LogP contribution in [0, 0.1) is 17.1 Å². The highest BCUT2D eigenvalue weighted by atomic mass is 19.1. The van der Waals surface area contributed by atoms with Gasteiger partial charge in [0.05, 0.1) is 22.7 Å². The van der Waals surface area contributed by atoms with E-state index in [1.165, 1.54) is 19.2 Å². The summed E-state index contributed by atoms with van der Waals surface area (Å²) >= 11 is 0. The summed E-state index contributed by atoms with van der Waals surface area (Å²) in [6, 6.07) is 16.6. The van der Waals surface area contributed by atoms with Crippen LogP contribution in [0.25, 0.3) is 33.6 Å². The van der Waals surface area contributed by atoms with E-state index in [1.807, 2.05) is 32.9 Å². The lowest BCUT2D eigenvalue weighted by Gasteiger charge is -2.18. The summed E-state index contributed by atoms with van der Waals surface area (Å²) in [6.45, 7) is 9.20. The second-order valence-electron chi connectivity index (χ2n) is 8.85. The molecule has 4 rings (SSSR count). The van der Waals surface area contributed by atoms with E-state index in [9.17, 15) is 19.2 Å². The Morgan fingerprint density at radius 2 is 1.74 bits per heavy atom. The Bertz CT molecular complexity index is 1520. The van der Waals surface area contributed by atoms with Gasteiger partial charge < -0.3 is 15.1 Å². The lowest BCUT2D eigenvalue weighted by Crippen LogP contribution is -2.42. The number of benzene rings is 2. The van der Waals surface area contributed by atoms with Crippen molar-refractivity contribution in [2.45, 2.75) is 46.6 Å². The number of amides is 2. The molecule has 196 valence electrons. The number of hydrogen-bond acceptors (Lipinski definition) is 5. The molecule has 38 heavy (non-hydrogen) atoms. The number of carbonyl (C=O) groups is 2. The first-order valence-electron chi connectivity index (χ1n) is 12.5. The molecule has 7 nitrogen and oxygen atoms in total. The molecule has 0 spiro atoms. The standard InChI is InChI=1S/C28H25FN4O3.C2H6/c1-5-22-20(17-7-6-8-18(13-17)25(34)33-28(2,3)15-30)14-21-23(26(35)31-4)24(36-27(21)32-22)16-9-11-19(29)12-10-16;1-2/h6-14H,5H2,1-4H3,(H,31,35)(H,33,34);1-2H3. The Morgan fingerprint density at radius 1 is 1.05 bits per heavy atom. The molecule has 2 aromatic heterocycles. The summed E-state index contributed by atoms with van der Waals surface area (Å²) in [4.78, 5) is 30.4. The van der Waals surface area contributed by atoms with Crippen molar-refractivity contribution >= 4 is 22.9 Å². The number of aromatic nitrogens is 1. The lowest BCUT2D eigenvalue weighted by atomic mass is 9.97. The molecule has 2 aromatic carbocycles. The van der Waals surface area contributed by atoms with Crippen molar-refractivity contribution in [1.29, 1.82) is 5.26 Å². The largest absolute Gasteiger partial charge is 0.437 e. The number of fused-ring (bicyclic) bond motifs is 1. The van der Waals surface area contributed by atoms with Gasteiger partial charge in [-0.15, -0.1) is 0 Å².